The van der Waals surface area contributed by atoms with Gasteiger partial charge in [0.15, 0.2) is 0 Å². The van der Waals surface area contributed by atoms with Crippen LogP contribution in [0.1, 0.15) is 20.8 Å². The molecule has 33 heavy (non-hydrogen) atoms. The molecule has 3 rings (SSSR count). The molecule has 1 fully saturated rings. The van der Waals surface area contributed by atoms with Gasteiger partial charge >= 0.3 is 6.09 Å². The summed E-state index contributed by atoms with van der Waals surface area (Å²) in [5, 5.41) is 0.732. The molecular weight excluding hydrogens is 487 g/mol. The number of halogens is 2. The van der Waals surface area contributed by atoms with Crippen LogP contribution in [-0.4, -0.2) is 58.4 Å². The Morgan fingerprint density at radius 1 is 1.30 bits per heavy atom. The average molecular weight is 515 g/mol. The number of carbonyl (C=O) groups is 1. The van der Waals surface area contributed by atoms with Gasteiger partial charge in [-0.25, -0.2) is 4.79 Å². The Hall–Kier alpha value is -2.14. The van der Waals surface area contributed by atoms with E-state index in [2.05, 4.69) is 4.98 Å². The number of amides is 1. The SMILES string of the molecule is Cn1c(N2CCN(C(=O)OC(C)(C)C)[C@H](CN)C2)nc(N)c(Sc2cccc(Cl)c2Cl)c1=O. The first-order chi connectivity index (χ1) is 15.4. The largest absolute Gasteiger partial charge is 0.444 e. The molecule has 1 atom stereocenters. The van der Waals surface area contributed by atoms with Crippen molar-refractivity contribution < 1.29 is 9.53 Å². The number of piperazine rings is 1. The van der Waals surface area contributed by atoms with Gasteiger partial charge in [0.2, 0.25) is 5.95 Å². The van der Waals surface area contributed by atoms with Crippen molar-refractivity contribution in [2.24, 2.45) is 12.8 Å². The first-order valence-corrected chi connectivity index (χ1v) is 11.9. The second kappa shape index (κ2) is 10.0. The van der Waals surface area contributed by atoms with Gasteiger partial charge in [0.25, 0.3) is 5.56 Å². The number of nitrogens with two attached hydrogens (primary N) is 2. The molecule has 4 N–H and O–H groups in total. The fraction of sp³-hybridized carbons (Fsp3) is 0.476. The van der Waals surface area contributed by atoms with Crippen LogP contribution in [0.5, 0.6) is 0 Å². The Balaban J connectivity index is 1.85. The van der Waals surface area contributed by atoms with Crippen molar-refractivity contribution in [3.8, 4) is 0 Å². The summed E-state index contributed by atoms with van der Waals surface area (Å²) in [4.78, 5) is 34.6. The van der Waals surface area contributed by atoms with E-state index in [1.54, 1.807) is 30.1 Å². The first kappa shape index (κ1) is 25.5. The Bertz CT molecular complexity index is 1100. The van der Waals surface area contributed by atoms with E-state index in [9.17, 15) is 9.59 Å². The Morgan fingerprint density at radius 2 is 2.00 bits per heavy atom. The molecular formula is C21H28Cl2N6O3S. The van der Waals surface area contributed by atoms with Crippen molar-refractivity contribution in [1.29, 1.82) is 0 Å². The van der Waals surface area contributed by atoms with Crippen molar-refractivity contribution in [3.05, 3.63) is 38.6 Å². The molecule has 1 aromatic heterocycles. The fourth-order valence-corrected chi connectivity index (χ4v) is 4.85. The summed E-state index contributed by atoms with van der Waals surface area (Å²) in [7, 11) is 1.63. The Kier molecular flexibility index (Phi) is 7.73. The predicted octanol–water partition coefficient (Wildman–Crippen LogP) is 3.20. The molecule has 1 amide bonds. The van der Waals surface area contributed by atoms with E-state index in [4.69, 9.17) is 39.4 Å². The number of carbonyl (C=O) groups excluding carboxylic acids is 1. The topological polar surface area (TPSA) is 120 Å². The van der Waals surface area contributed by atoms with Crippen LogP contribution in [-0.2, 0) is 11.8 Å². The van der Waals surface area contributed by atoms with E-state index in [-0.39, 0.29) is 28.9 Å². The molecule has 1 aliphatic rings. The number of benzene rings is 1. The summed E-state index contributed by atoms with van der Waals surface area (Å²) in [6.07, 6.45) is -0.413. The van der Waals surface area contributed by atoms with E-state index in [0.29, 0.717) is 40.5 Å². The number of hydrogen-bond donors (Lipinski definition) is 2. The predicted molar refractivity (Wildman–Crippen MR) is 132 cm³/mol. The van der Waals surface area contributed by atoms with Gasteiger partial charge in [-0.1, -0.05) is 41.0 Å². The highest BCUT2D eigenvalue weighted by atomic mass is 35.5. The molecule has 0 bridgehead atoms. The number of hydrogen-bond acceptors (Lipinski definition) is 8. The number of nitrogens with zero attached hydrogens (tertiary/aromatic N) is 4. The van der Waals surface area contributed by atoms with Crippen molar-refractivity contribution in [2.45, 2.75) is 42.2 Å². The molecule has 0 unspecified atom stereocenters. The second-order valence-electron chi connectivity index (χ2n) is 8.65. The number of nitrogen functional groups attached to an aromatic ring is 1. The lowest BCUT2D eigenvalue weighted by Gasteiger charge is -2.41. The highest BCUT2D eigenvalue weighted by molar-refractivity contribution is 7.99. The zero-order chi connectivity index (χ0) is 24.5. The van der Waals surface area contributed by atoms with Crippen molar-refractivity contribution in [2.75, 3.05) is 36.8 Å². The summed E-state index contributed by atoms with van der Waals surface area (Å²) in [5.74, 6) is 0.495. The normalized spacial score (nSPS) is 16.8. The van der Waals surface area contributed by atoms with Crippen LogP contribution in [0.4, 0.5) is 16.6 Å². The monoisotopic (exact) mass is 514 g/mol. The lowest BCUT2D eigenvalue weighted by atomic mass is 10.1. The van der Waals surface area contributed by atoms with Gasteiger partial charge in [-0.2, -0.15) is 4.98 Å². The van der Waals surface area contributed by atoms with Gasteiger partial charge in [-0.15, -0.1) is 0 Å². The molecule has 0 spiro atoms. The third-order valence-corrected chi connectivity index (χ3v) is 7.12. The van der Waals surface area contributed by atoms with Crippen molar-refractivity contribution in [3.63, 3.8) is 0 Å². The van der Waals surface area contributed by atoms with Crippen LogP contribution in [0.15, 0.2) is 32.8 Å². The summed E-state index contributed by atoms with van der Waals surface area (Å²) >= 11 is 13.5. The minimum Gasteiger partial charge on any atom is -0.444 e. The first-order valence-electron chi connectivity index (χ1n) is 10.4. The van der Waals surface area contributed by atoms with Gasteiger partial charge in [-0.3, -0.25) is 9.36 Å². The van der Waals surface area contributed by atoms with E-state index in [1.807, 2.05) is 25.7 Å². The highest BCUT2D eigenvalue weighted by Crippen LogP contribution is 2.37. The van der Waals surface area contributed by atoms with Crippen LogP contribution in [0.25, 0.3) is 0 Å². The zero-order valence-electron chi connectivity index (χ0n) is 19.0. The molecule has 9 nitrogen and oxygen atoms in total. The summed E-state index contributed by atoms with van der Waals surface area (Å²) < 4.78 is 6.94. The van der Waals surface area contributed by atoms with Gasteiger partial charge in [0, 0.05) is 38.1 Å². The zero-order valence-corrected chi connectivity index (χ0v) is 21.3. The molecule has 1 aliphatic heterocycles. The molecule has 1 saturated heterocycles. The Morgan fingerprint density at radius 3 is 2.64 bits per heavy atom. The average Bonchev–Trinajstić information content (AvgIpc) is 2.74. The molecule has 12 heteroatoms. The maximum Gasteiger partial charge on any atom is 0.410 e. The number of anilines is 2. The van der Waals surface area contributed by atoms with Crippen LogP contribution >= 0.6 is 35.0 Å². The number of aromatic nitrogens is 2. The maximum absolute atomic E-state index is 13.1. The van der Waals surface area contributed by atoms with Gasteiger partial charge in [0.1, 0.15) is 16.3 Å². The van der Waals surface area contributed by atoms with E-state index >= 15 is 0 Å². The third-order valence-electron chi connectivity index (χ3n) is 5.05. The van der Waals surface area contributed by atoms with Crippen LogP contribution in [0.2, 0.25) is 10.0 Å². The Labute approximate surface area is 207 Å². The van der Waals surface area contributed by atoms with Gasteiger partial charge in [-0.05, 0) is 32.9 Å². The number of ether oxygens (including phenoxy) is 1. The third kappa shape index (κ3) is 5.68. The standard InChI is InChI=1S/C21H28Cl2N6O3S/c1-21(2,3)32-20(31)29-9-8-28(11-12(29)10-24)19-26-17(25)16(18(30)27(19)4)33-14-7-5-6-13(22)15(14)23/h5-7,12H,8-11,24-25H2,1-4H3/t12-/m1/s1. The molecule has 180 valence electrons. The van der Waals surface area contributed by atoms with Gasteiger partial charge < -0.3 is 26.0 Å². The quantitative estimate of drug-likeness (QED) is 0.637. The van der Waals surface area contributed by atoms with E-state index in [1.165, 1.54) is 4.57 Å². The van der Waals surface area contributed by atoms with E-state index < -0.39 is 11.7 Å². The smallest absolute Gasteiger partial charge is 0.410 e. The maximum atomic E-state index is 13.1. The lowest BCUT2D eigenvalue weighted by Crippen LogP contribution is -2.59. The molecule has 2 heterocycles. The summed E-state index contributed by atoms with van der Waals surface area (Å²) in [5.41, 5.74) is 11.2. The molecule has 2 aromatic rings. The van der Waals surface area contributed by atoms with Crippen molar-refractivity contribution in [1.82, 2.24) is 14.5 Å². The minimum absolute atomic E-state index is 0.0908. The second-order valence-corrected chi connectivity index (χ2v) is 10.5. The molecule has 1 aromatic carbocycles. The van der Waals surface area contributed by atoms with Crippen LogP contribution in [0.3, 0.4) is 0 Å². The van der Waals surface area contributed by atoms with Crippen LogP contribution < -0.4 is 21.9 Å². The summed E-state index contributed by atoms with van der Waals surface area (Å²) in [6, 6.07) is 4.87. The van der Waals surface area contributed by atoms with Crippen molar-refractivity contribution >= 4 is 52.8 Å². The highest BCUT2D eigenvalue weighted by Gasteiger charge is 2.34. The summed E-state index contributed by atoms with van der Waals surface area (Å²) in [6.45, 7) is 6.90. The molecule has 0 aliphatic carbocycles. The fourth-order valence-electron chi connectivity index (χ4n) is 3.44. The molecule has 0 radical (unpaired) electrons. The van der Waals surface area contributed by atoms with E-state index in [0.717, 1.165) is 11.8 Å². The number of rotatable bonds is 4. The minimum atomic E-state index is -0.605. The van der Waals surface area contributed by atoms with Gasteiger partial charge in [0.05, 0.1) is 16.1 Å². The molecule has 0 saturated carbocycles. The lowest BCUT2D eigenvalue weighted by molar-refractivity contribution is 0.0148. The van der Waals surface area contributed by atoms with Crippen LogP contribution in [0, 0.1) is 0 Å².